The van der Waals surface area contributed by atoms with Crippen molar-refractivity contribution >= 4 is 11.9 Å². The van der Waals surface area contributed by atoms with E-state index in [1.54, 1.807) is 6.92 Å². The van der Waals surface area contributed by atoms with Crippen LogP contribution >= 0.6 is 0 Å². The second-order valence-electron chi connectivity index (χ2n) is 5.39. The van der Waals surface area contributed by atoms with E-state index in [2.05, 4.69) is 5.32 Å². The van der Waals surface area contributed by atoms with Crippen LogP contribution in [0.3, 0.4) is 0 Å². The van der Waals surface area contributed by atoms with E-state index in [1.807, 2.05) is 0 Å². The molecule has 102 valence electrons. The molecule has 1 saturated heterocycles. The van der Waals surface area contributed by atoms with E-state index in [-0.39, 0.29) is 17.8 Å². The Morgan fingerprint density at radius 1 is 1.33 bits per heavy atom. The average molecular weight is 253 g/mol. The quantitative estimate of drug-likeness (QED) is 0.618. The monoisotopic (exact) mass is 253 g/mol. The first-order valence-electron chi connectivity index (χ1n) is 7.17. The fraction of sp³-hybridized carbons (Fsp3) is 0.857. The minimum atomic E-state index is -0.894. The topological polar surface area (TPSA) is 55.4 Å². The van der Waals surface area contributed by atoms with Gasteiger partial charge in [-0.2, -0.15) is 0 Å². The fourth-order valence-electron chi connectivity index (χ4n) is 3.45. The summed E-state index contributed by atoms with van der Waals surface area (Å²) in [5.74, 6) is -0.223. The minimum Gasteiger partial charge on any atom is -0.465 e. The molecule has 1 aliphatic heterocycles. The van der Waals surface area contributed by atoms with Crippen molar-refractivity contribution in [2.45, 2.75) is 51.9 Å². The molecule has 0 radical (unpaired) electrons. The molecule has 1 amide bonds. The van der Waals surface area contributed by atoms with Gasteiger partial charge in [-0.3, -0.25) is 9.59 Å². The molecule has 18 heavy (non-hydrogen) atoms. The molecule has 2 aliphatic rings. The van der Waals surface area contributed by atoms with E-state index < -0.39 is 5.41 Å². The lowest BCUT2D eigenvalue weighted by atomic mass is 9.64. The van der Waals surface area contributed by atoms with Gasteiger partial charge in [-0.05, 0) is 38.5 Å². The summed E-state index contributed by atoms with van der Waals surface area (Å²) < 4.78 is 5.21. The smallest absolute Gasteiger partial charge is 0.321 e. The van der Waals surface area contributed by atoms with Crippen LogP contribution in [0.5, 0.6) is 0 Å². The van der Waals surface area contributed by atoms with Crippen molar-refractivity contribution in [1.82, 2.24) is 5.32 Å². The Balaban J connectivity index is 2.25. The number of ether oxygens (including phenoxy) is 1. The number of amides is 1. The highest BCUT2D eigenvalue weighted by Crippen LogP contribution is 2.44. The van der Waals surface area contributed by atoms with Gasteiger partial charge >= 0.3 is 5.97 Å². The minimum absolute atomic E-state index is 0.0981. The lowest BCUT2D eigenvalue weighted by Gasteiger charge is -2.41. The molecule has 0 aromatic heterocycles. The number of hydrogen-bond donors (Lipinski definition) is 1. The second kappa shape index (κ2) is 5.72. The second-order valence-corrected chi connectivity index (χ2v) is 5.39. The van der Waals surface area contributed by atoms with Gasteiger partial charge in [-0.1, -0.05) is 19.3 Å². The molecule has 0 spiro atoms. The summed E-state index contributed by atoms with van der Waals surface area (Å²) in [6.07, 6.45) is 6.96. The van der Waals surface area contributed by atoms with Crippen molar-refractivity contribution in [2.75, 3.05) is 13.2 Å². The Morgan fingerprint density at radius 3 is 2.67 bits per heavy atom. The van der Waals surface area contributed by atoms with Crippen molar-refractivity contribution in [1.29, 1.82) is 0 Å². The summed E-state index contributed by atoms with van der Waals surface area (Å²) in [4.78, 5) is 24.7. The molecule has 0 aromatic carbocycles. The summed E-state index contributed by atoms with van der Waals surface area (Å²) >= 11 is 0. The number of carbonyl (C=O) groups excluding carboxylic acids is 2. The molecule has 2 fully saturated rings. The molecule has 2 rings (SSSR count). The van der Waals surface area contributed by atoms with Crippen LogP contribution in [0.25, 0.3) is 0 Å². The van der Waals surface area contributed by atoms with Gasteiger partial charge < -0.3 is 10.1 Å². The Morgan fingerprint density at radius 2 is 2.06 bits per heavy atom. The Hall–Kier alpha value is -1.06. The van der Waals surface area contributed by atoms with Crippen LogP contribution in [0.2, 0.25) is 0 Å². The highest BCUT2D eigenvalue weighted by molar-refractivity contribution is 6.03. The van der Waals surface area contributed by atoms with Gasteiger partial charge in [0.2, 0.25) is 5.91 Å². The Kier molecular flexibility index (Phi) is 4.25. The predicted molar refractivity (Wildman–Crippen MR) is 67.9 cm³/mol. The zero-order valence-corrected chi connectivity index (χ0v) is 11.2. The molecule has 4 nitrogen and oxygen atoms in total. The van der Waals surface area contributed by atoms with Crippen LogP contribution < -0.4 is 5.32 Å². The van der Waals surface area contributed by atoms with Gasteiger partial charge in [0.1, 0.15) is 5.41 Å². The molecule has 1 heterocycles. The maximum atomic E-state index is 12.3. The predicted octanol–water partition coefficient (Wildman–Crippen LogP) is 2.03. The van der Waals surface area contributed by atoms with Gasteiger partial charge in [0, 0.05) is 6.54 Å². The number of nitrogens with one attached hydrogen (secondary N) is 1. The summed E-state index contributed by atoms with van der Waals surface area (Å²) in [6.45, 7) is 2.83. The summed E-state index contributed by atoms with van der Waals surface area (Å²) in [7, 11) is 0. The summed E-state index contributed by atoms with van der Waals surface area (Å²) in [5, 5.41) is 2.87. The van der Waals surface area contributed by atoms with E-state index in [0.29, 0.717) is 19.6 Å². The van der Waals surface area contributed by atoms with Crippen LogP contribution in [0.15, 0.2) is 0 Å². The van der Waals surface area contributed by atoms with Crippen LogP contribution in [-0.2, 0) is 14.3 Å². The highest BCUT2D eigenvalue weighted by atomic mass is 16.5. The molecular weight excluding hydrogens is 230 g/mol. The van der Waals surface area contributed by atoms with Crippen molar-refractivity contribution in [2.24, 2.45) is 11.3 Å². The van der Waals surface area contributed by atoms with E-state index in [1.165, 1.54) is 6.42 Å². The lowest BCUT2D eigenvalue weighted by Crippen LogP contribution is -2.55. The highest BCUT2D eigenvalue weighted by Gasteiger charge is 2.53. The number of piperidine rings is 1. The SMILES string of the molecule is CCOC(=O)C1(C2CCCCC2)CCCNC1=O. The molecule has 0 bridgehead atoms. The molecule has 1 N–H and O–H groups in total. The lowest BCUT2D eigenvalue weighted by molar-refractivity contribution is -0.168. The van der Waals surface area contributed by atoms with Crippen LogP contribution in [-0.4, -0.2) is 25.0 Å². The molecule has 1 unspecified atom stereocenters. The van der Waals surface area contributed by atoms with E-state index >= 15 is 0 Å². The standard InChI is InChI=1S/C14H23NO3/c1-2-18-13(17)14(9-6-10-15-12(14)16)11-7-4-3-5-8-11/h11H,2-10H2,1H3,(H,15,16). The molecule has 4 heteroatoms. The van der Waals surface area contributed by atoms with Gasteiger partial charge in [0.15, 0.2) is 0 Å². The van der Waals surface area contributed by atoms with E-state index in [0.717, 1.165) is 32.1 Å². The zero-order chi connectivity index (χ0) is 13.0. The average Bonchev–Trinajstić information content (AvgIpc) is 2.41. The van der Waals surface area contributed by atoms with Gasteiger partial charge in [-0.15, -0.1) is 0 Å². The largest absolute Gasteiger partial charge is 0.465 e. The van der Waals surface area contributed by atoms with E-state index in [9.17, 15) is 9.59 Å². The van der Waals surface area contributed by atoms with Gasteiger partial charge in [-0.25, -0.2) is 0 Å². The molecule has 1 aliphatic carbocycles. The third-order valence-corrected chi connectivity index (χ3v) is 4.38. The Bertz CT molecular complexity index is 323. The van der Waals surface area contributed by atoms with Gasteiger partial charge in [0.25, 0.3) is 0 Å². The zero-order valence-electron chi connectivity index (χ0n) is 11.2. The van der Waals surface area contributed by atoms with Crippen molar-refractivity contribution < 1.29 is 14.3 Å². The first-order valence-corrected chi connectivity index (χ1v) is 7.17. The first-order chi connectivity index (χ1) is 8.71. The number of hydrogen-bond acceptors (Lipinski definition) is 3. The number of rotatable bonds is 3. The maximum absolute atomic E-state index is 12.3. The van der Waals surface area contributed by atoms with Crippen molar-refractivity contribution in [3.8, 4) is 0 Å². The van der Waals surface area contributed by atoms with Crippen molar-refractivity contribution in [3.63, 3.8) is 0 Å². The first kappa shape index (κ1) is 13.4. The third kappa shape index (κ3) is 2.25. The third-order valence-electron chi connectivity index (χ3n) is 4.38. The maximum Gasteiger partial charge on any atom is 0.321 e. The van der Waals surface area contributed by atoms with Gasteiger partial charge in [0.05, 0.1) is 6.61 Å². The van der Waals surface area contributed by atoms with Crippen LogP contribution in [0.1, 0.15) is 51.9 Å². The summed E-state index contributed by atoms with van der Waals surface area (Å²) in [5.41, 5.74) is -0.894. The normalized spacial score (nSPS) is 29.7. The molecule has 1 atom stereocenters. The Labute approximate surface area is 108 Å². The molecular formula is C14H23NO3. The summed E-state index contributed by atoms with van der Waals surface area (Å²) in [6, 6.07) is 0. The number of carbonyl (C=O) groups is 2. The molecule has 0 aromatic rings. The van der Waals surface area contributed by atoms with Crippen molar-refractivity contribution in [3.05, 3.63) is 0 Å². The molecule has 1 saturated carbocycles. The fourth-order valence-corrected chi connectivity index (χ4v) is 3.45. The number of esters is 1. The van der Waals surface area contributed by atoms with E-state index in [4.69, 9.17) is 4.74 Å². The van der Waals surface area contributed by atoms with Crippen LogP contribution in [0, 0.1) is 11.3 Å². The van der Waals surface area contributed by atoms with Crippen LogP contribution in [0.4, 0.5) is 0 Å².